The number of thiophene rings is 1. The third-order valence-electron chi connectivity index (χ3n) is 3.32. The summed E-state index contributed by atoms with van der Waals surface area (Å²) >= 11 is 1.47. The van der Waals surface area contributed by atoms with Crippen molar-refractivity contribution in [3.8, 4) is 16.5 Å². The molecule has 116 valence electrons. The molecule has 24 heavy (non-hydrogen) atoms. The highest BCUT2D eigenvalue weighted by molar-refractivity contribution is 7.16. The third-order valence-corrected chi connectivity index (χ3v) is 4.40. The Morgan fingerprint density at radius 2 is 2.08 bits per heavy atom. The minimum absolute atomic E-state index is 0.0594. The van der Waals surface area contributed by atoms with E-state index in [9.17, 15) is 15.4 Å². The molecule has 0 atom stereocenters. The van der Waals surface area contributed by atoms with Crippen LogP contribution < -0.4 is 0 Å². The van der Waals surface area contributed by atoms with E-state index in [0.29, 0.717) is 11.3 Å². The lowest BCUT2D eigenvalue weighted by atomic mass is 10.1. The number of hydrogen-bond acceptors (Lipinski definition) is 5. The van der Waals surface area contributed by atoms with Crippen molar-refractivity contribution < 1.29 is 4.92 Å². The molecule has 0 aliphatic carbocycles. The lowest BCUT2D eigenvalue weighted by molar-refractivity contribution is -0.384. The molecule has 0 N–H and O–H groups in total. The number of nitrogens with zero attached hydrogens (tertiary/aromatic N) is 3. The van der Waals surface area contributed by atoms with E-state index in [1.54, 1.807) is 36.5 Å². The van der Waals surface area contributed by atoms with Crippen molar-refractivity contribution in [3.63, 3.8) is 0 Å². The fourth-order valence-electron chi connectivity index (χ4n) is 2.19. The third kappa shape index (κ3) is 3.37. The van der Waals surface area contributed by atoms with E-state index in [2.05, 4.69) is 11.1 Å². The zero-order chi connectivity index (χ0) is 16.9. The molecular weight excluding hydrogens is 322 g/mol. The van der Waals surface area contributed by atoms with E-state index < -0.39 is 4.92 Å². The molecule has 3 aromatic rings. The maximum Gasteiger partial charge on any atom is 0.270 e. The van der Waals surface area contributed by atoms with Crippen LogP contribution in [0.5, 0.6) is 0 Å². The predicted octanol–water partition coefficient (Wildman–Crippen LogP) is 4.78. The highest BCUT2D eigenvalue weighted by atomic mass is 32.1. The molecule has 0 fully saturated rings. The molecule has 6 heteroatoms. The van der Waals surface area contributed by atoms with Gasteiger partial charge in [0.1, 0.15) is 6.07 Å². The molecule has 0 aliphatic heterocycles. The van der Waals surface area contributed by atoms with Crippen LogP contribution in [-0.2, 0) is 0 Å². The molecule has 0 saturated carbocycles. The van der Waals surface area contributed by atoms with Crippen LogP contribution in [0, 0.1) is 21.4 Å². The first-order valence-electron chi connectivity index (χ1n) is 7.05. The number of nitro groups is 1. The van der Waals surface area contributed by atoms with Gasteiger partial charge < -0.3 is 0 Å². The zero-order valence-corrected chi connectivity index (χ0v) is 13.2. The first-order chi connectivity index (χ1) is 11.7. The second-order valence-corrected chi connectivity index (χ2v) is 6.01. The Morgan fingerprint density at radius 3 is 2.79 bits per heavy atom. The van der Waals surface area contributed by atoms with Gasteiger partial charge in [0.05, 0.1) is 16.2 Å². The highest BCUT2D eigenvalue weighted by Gasteiger charge is 2.09. The van der Waals surface area contributed by atoms with Crippen molar-refractivity contribution >= 4 is 28.7 Å². The minimum Gasteiger partial charge on any atom is -0.258 e. The van der Waals surface area contributed by atoms with Crippen LogP contribution in [0.25, 0.3) is 22.1 Å². The van der Waals surface area contributed by atoms with Gasteiger partial charge in [-0.05, 0) is 35.9 Å². The van der Waals surface area contributed by atoms with Crippen LogP contribution in [0.15, 0.2) is 60.8 Å². The Labute approximate surface area is 142 Å². The maximum absolute atomic E-state index is 10.9. The van der Waals surface area contributed by atoms with Crippen LogP contribution in [-0.4, -0.2) is 9.91 Å². The van der Waals surface area contributed by atoms with Crippen molar-refractivity contribution in [3.05, 3.63) is 81.5 Å². The van der Waals surface area contributed by atoms with E-state index in [1.165, 1.54) is 17.4 Å². The average molecular weight is 333 g/mol. The van der Waals surface area contributed by atoms with Crippen molar-refractivity contribution in [1.82, 2.24) is 4.98 Å². The van der Waals surface area contributed by atoms with E-state index in [-0.39, 0.29) is 5.69 Å². The highest BCUT2D eigenvalue weighted by Crippen LogP contribution is 2.32. The number of aromatic nitrogens is 1. The molecule has 0 aliphatic rings. The number of allylic oxidation sites excluding steroid dienone is 1. The number of rotatable bonds is 4. The molecule has 0 saturated heterocycles. The number of non-ortho nitro benzene ring substituents is 1. The van der Waals surface area contributed by atoms with Crippen LogP contribution in [0.3, 0.4) is 0 Å². The fraction of sp³-hybridized carbons (Fsp3) is 0. The van der Waals surface area contributed by atoms with Crippen LogP contribution in [0.1, 0.15) is 10.6 Å². The van der Waals surface area contributed by atoms with Crippen LogP contribution in [0.4, 0.5) is 5.69 Å². The number of pyridine rings is 1. The van der Waals surface area contributed by atoms with Gasteiger partial charge in [0.15, 0.2) is 0 Å². The van der Waals surface area contributed by atoms with Crippen molar-refractivity contribution in [1.29, 1.82) is 5.26 Å². The Balaban J connectivity index is 1.94. The summed E-state index contributed by atoms with van der Waals surface area (Å²) in [6, 6.07) is 17.8. The minimum atomic E-state index is -0.410. The topological polar surface area (TPSA) is 79.8 Å². The second kappa shape index (κ2) is 6.86. The summed E-state index contributed by atoms with van der Waals surface area (Å²) in [5.74, 6) is 0. The lowest BCUT2D eigenvalue weighted by Crippen LogP contribution is -1.87. The Bertz CT molecular complexity index is 956. The number of nitro benzene ring substituents is 1. The molecule has 0 bridgehead atoms. The predicted molar refractivity (Wildman–Crippen MR) is 94.1 cm³/mol. The Hall–Kier alpha value is -3.30. The van der Waals surface area contributed by atoms with Gasteiger partial charge in [0, 0.05) is 28.1 Å². The summed E-state index contributed by atoms with van der Waals surface area (Å²) in [5.41, 5.74) is 1.93. The molecule has 2 heterocycles. The smallest absolute Gasteiger partial charge is 0.258 e. The Kier molecular flexibility index (Phi) is 4.45. The quantitative estimate of drug-likeness (QED) is 0.391. The van der Waals surface area contributed by atoms with Gasteiger partial charge in [0.25, 0.3) is 5.69 Å². The SMILES string of the molecule is N#C/C(=C\c1ccc(-c2cccc([N+](=O)[O-])c2)s1)c1ccccn1. The summed E-state index contributed by atoms with van der Waals surface area (Å²) in [5, 5.41) is 20.2. The average Bonchev–Trinajstić information content (AvgIpc) is 3.09. The largest absolute Gasteiger partial charge is 0.270 e. The maximum atomic E-state index is 10.9. The second-order valence-electron chi connectivity index (χ2n) is 4.89. The van der Waals surface area contributed by atoms with E-state index in [4.69, 9.17) is 0 Å². The van der Waals surface area contributed by atoms with E-state index >= 15 is 0 Å². The lowest BCUT2D eigenvalue weighted by Gasteiger charge is -1.97. The molecule has 0 unspecified atom stereocenters. The van der Waals surface area contributed by atoms with E-state index in [0.717, 1.165) is 15.3 Å². The van der Waals surface area contributed by atoms with E-state index in [1.807, 2.05) is 24.3 Å². The monoisotopic (exact) mass is 333 g/mol. The number of benzene rings is 1. The van der Waals surface area contributed by atoms with Gasteiger partial charge in [-0.2, -0.15) is 5.26 Å². The van der Waals surface area contributed by atoms with Crippen molar-refractivity contribution in [2.75, 3.05) is 0 Å². The Morgan fingerprint density at radius 1 is 1.21 bits per heavy atom. The summed E-state index contributed by atoms with van der Waals surface area (Å²) in [7, 11) is 0. The molecule has 0 spiro atoms. The molecule has 3 rings (SSSR count). The van der Waals surface area contributed by atoms with Gasteiger partial charge in [-0.3, -0.25) is 15.1 Å². The standard InChI is InChI=1S/C18H11N3O2S/c19-12-14(17-6-1-2-9-20-17)11-16-7-8-18(24-16)13-4-3-5-15(10-13)21(22)23/h1-11H/b14-11+. The summed E-state index contributed by atoms with van der Waals surface area (Å²) in [4.78, 5) is 16.5. The number of nitriles is 1. The van der Waals surface area contributed by atoms with Crippen molar-refractivity contribution in [2.45, 2.75) is 0 Å². The molecule has 0 amide bonds. The molecule has 1 aromatic carbocycles. The zero-order valence-electron chi connectivity index (χ0n) is 12.4. The van der Waals surface area contributed by atoms with Gasteiger partial charge in [0.2, 0.25) is 0 Å². The van der Waals surface area contributed by atoms with Gasteiger partial charge in [-0.15, -0.1) is 11.3 Å². The molecule has 5 nitrogen and oxygen atoms in total. The van der Waals surface area contributed by atoms with Gasteiger partial charge >= 0.3 is 0 Å². The summed E-state index contributed by atoms with van der Waals surface area (Å²) in [6.07, 6.45) is 3.41. The van der Waals surface area contributed by atoms with Crippen molar-refractivity contribution in [2.24, 2.45) is 0 Å². The fourth-order valence-corrected chi connectivity index (χ4v) is 3.13. The summed E-state index contributed by atoms with van der Waals surface area (Å²) in [6.45, 7) is 0. The molecule has 2 aromatic heterocycles. The van der Waals surface area contributed by atoms with Gasteiger partial charge in [-0.25, -0.2) is 0 Å². The molecular formula is C18H11N3O2S. The van der Waals surface area contributed by atoms with Crippen LogP contribution >= 0.6 is 11.3 Å². The normalized spacial score (nSPS) is 11.0. The van der Waals surface area contributed by atoms with Gasteiger partial charge in [-0.1, -0.05) is 18.2 Å². The molecule has 0 radical (unpaired) electrons. The van der Waals surface area contributed by atoms with Crippen LogP contribution in [0.2, 0.25) is 0 Å². The summed E-state index contributed by atoms with van der Waals surface area (Å²) < 4.78 is 0. The first kappa shape index (κ1) is 15.6. The first-order valence-corrected chi connectivity index (χ1v) is 7.87. The number of hydrogen-bond donors (Lipinski definition) is 0.